The van der Waals surface area contributed by atoms with Gasteiger partial charge in [-0.1, -0.05) is 12.1 Å². The number of aromatic nitrogens is 1. The minimum Gasteiger partial charge on any atom is -0.465 e. The topological polar surface area (TPSA) is 68.4 Å². The van der Waals surface area contributed by atoms with Crippen LogP contribution in [0.2, 0.25) is 0 Å². The first kappa shape index (κ1) is 15.7. The van der Waals surface area contributed by atoms with Crippen molar-refractivity contribution in [1.82, 2.24) is 15.2 Å². The molecular weight excluding hydrogens is 304 g/mol. The van der Waals surface area contributed by atoms with Crippen LogP contribution in [0.3, 0.4) is 0 Å². The van der Waals surface area contributed by atoms with Gasteiger partial charge in [0.15, 0.2) is 0 Å². The number of hydrogen-bond acceptors (Lipinski definition) is 2. The zero-order chi connectivity index (χ0) is 16.4. The van der Waals surface area contributed by atoms with Crippen LogP contribution in [0.25, 0.3) is 10.9 Å². The summed E-state index contributed by atoms with van der Waals surface area (Å²) in [6.45, 7) is 1.67. The Morgan fingerprint density at radius 3 is 2.74 bits per heavy atom. The van der Waals surface area contributed by atoms with Crippen LogP contribution in [-0.2, 0) is 13.1 Å². The average Bonchev–Trinajstić information content (AvgIpc) is 2.89. The minimum atomic E-state index is -2.52. The molecule has 7 heteroatoms. The van der Waals surface area contributed by atoms with E-state index in [2.05, 4.69) is 10.3 Å². The molecule has 3 N–H and O–H groups in total. The van der Waals surface area contributed by atoms with Gasteiger partial charge in [-0.25, -0.2) is 13.6 Å². The molecule has 1 saturated heterocycles. The van der Waals surface area contributed by atoms with E-state index in [-0.39, 0.29) is 19.4 Å². The van der Waals surface area contributed by atoms with E-state index in [9.17, 15) is 13.6 Å². The van der Waals surface area contributed by atoms with Crippen LogP contribution in [0.1, 0.15) is 24.1 Å². The van der Waals surface area contributed by atoms with Crippen LogP contribution in [0.5, 0.6) is 0 Å². The lowest BCUT2D eigenvalue weighted by atomic mass is 10.1. The van der Waals surface area contributed by atoms with Gasteiger partial charge in [-0.15, -0.1) is 0 Å². The van der Waals surface area contributed by atoms with E-state index in [0.29, 0.717) is 19.6 Å². The van der Waals surface area contributed by atoms with E-state index < -0.39 is 12.0 Å². The molecule has 124 valence electrons. The molecule has 2 aromatic rings. The normalized spacial score (nSPS) is 18.2. The lowest BCUT2D eigenvalue weighted by Crippen LogP contribution is -2.38. The molecule has 1 fully saturated rings. The number of carboxylic acid groups (broad SMARTS) is 1. The molecule has 0 saturated carbocycles. The minimum absolute atomic E-state index is 0.0851. The maximum Gasteiger partial charge on any atom is 0.404 e. The van der Waals surface area contributed by atoms with E-state index in [1.54, 1.807) is 0 Å². The summed E-state index contributed by atoms with van der Waals surface area (Å²) in [4.78, 5) is 15.8. The number of carbonyl (C=O) groups is 1. The van der Waals surface area contributed by atoms with Gasteiger partial charge in [0, 0.05) is 50.2 Å². The van der Waals surface area contributed by atoms with Gasteiger partial charge in [-0.2, -0.15) is 0 Å². The number of nitrogens with zero attached hydrogens (tertiary/aromatic N) is 1. The van der Waals surface area contributed by atoms with Crippen molar-refractivity contribution >= 4 is 17.0 Å². The maximum atomic E-state index is 13.2. The second-order valence-electron chi connectivity index (χ2n) is 6.01. The van der Waals surface area contributed by atoms with Crippen molar-refractivity contribution < 1.29 is 18.7 Å². The molecule has 5 nitrogen and oxygen atoms in total. The first-order chi connectivity index (χ1) is 10.9. The number of likely N-dealkylation sites (tertiary alicyclic amines) is 1. The fourth-order valence-corrected chi connectivity index (χ4v) is 2.89. The second-order valence-corrected chi connectivity index (χ2v) is 6.01. The van der Waals surface area contributed by atoms with Gasteiger partial charge in [-0.05, 0) is 23.1 Å². The summed E-state index contributed by atoms with van der Waals surface area (Å²) in [5.41, 5.74) is 2.77. The van der Waals surface area contributed by atoms with Crippen molar-refractivity contribution in [1.29, 1.82) is 0 Å². The molecule has 0 atom stereocenters. The molecule has 0 bridgehead atoms. The van der Waals surface area contributed by atoms with Gasteiger partial charge >= 0.3 is 6.09 Å². The maximum absolute atomic E-state index is 13.2. The summed E-state index contributed by atoms with van der Waals surface area (Å²) in [6, 6.07) is 7.71. The van der Waals surface area contributed by atoms with Crippen LogP contribution < -0.4 is 5.32 Å². The third-order valence-electron chi connectivity index (χ3n) is 4.17. The van der Waals surface area contributed by atoms with E-state index >= 15 is 0 Å². The molecule has 1 aromatic heterocycles. The van der Waals surface area contributed by atoms with Crippen molar-refractivity contribution in [3.63, 3.8) is 0 Å². The Bertz CT molecular complexity index is 704. The zero-order valence-electron chi connectivity index (χ0n) is 12.6. The van der Waals surface area contributed by atoms with Gasteiger partial charge < -0.3 is 15.4 Å². The first-order valence-corrected chi connectivity index (χ1v) is 7.59. The van der Waals surface area contributed by atoms with Gasteiger partial charge in [0.1, 0.15) is 0 Å². The van der Waals surface area contributed by atoms with Gasteiger partial charge in [0.05, 0.1) is 0 Å². The molecule has 23 heavy (non-hydrogen) atoms. The Hall–Kier alpha value is -2.15. The predicted octanol–water partition coefficient (Wildman–Crippen LogP) is 3.17. The monoisotopic (exact) mass is 323 g/mol. The molecule has 2 heterocycles. The van der Waals surface area contributed by atoms with Crippen molar-refractivity contribution in [3.8, 4) is 0 Å². The number of rotatable bonds is 4. The van der Waals surface area contributed by atoms with Crippen LogP contribution in [0.4, 0.5) is 13.6 Å². The Kier molecular flexibility index (Phi) is 4.21. The van der Waals surface area contributed by atoms with Crippen LogP contribution in [-0.4, -0.2) is 40.1 Å². The molecule has 0 aliphatic carbocycles. The third-order valence-corrected chi connectivity index (χ3v) is 4.17. The quantitative estimate of drug-likeness (QED) is 0.809. The summed E-state index contributed by atoms with van der Waals surface area (Å²) in [7, 11) is 0. The number of nitrogens with one attached hydrogen (secondary N) is 2. The number of amides is 1. The number of aromatic amines is 1. The number of piperidine rings is 1. The van der Waals surface area contributed by atoms with Crippen molar-refractivity contribution in [3.05, 3.63) is 35.5 Å². The molecule has 1 aliphatic rings. The molecule has 3 rings (SSSR count). The predicted molar refractivity (Wildman–Crippen MR) is 82.6 cm³/mol. The number of fused-ring (bicyclic) bond motifs is 1. The Morgan fingerprint density at radius 2 is 2.04 bits per heavy atom. The number of halogens is 2. The molecule has 0 spiro atoms. The van der Waals surface area contributed by atoms with E-state index in [1.807, 2.05) is 29.2 Å². The summed E-state index contributed by atoms with van der Waals surface area (Å²) in [5, 5.41) is 12.0. The Balaban J connectivity index is 1.67. The van der Waals surface area contributed by atoms with E-state index in [0.717, 1.165) is 22.2 Å². The van der Waals surface area contributed by atoms with Gasteiger partial charge in [0.25, 0.3) is 5.92 Å². The number of hydrogen-bond donors (Lipinski definition) is 3. The molecule has 0 radical (unpaired) electrons. The molecular formula is C16H19F2N3O2. The molecule has 1 amide bonds. The van der Waals surface area contributed by atoms with Crippen molar-refractivity contribution in [2.75, 3.05) is 13.1 Å². The van der Waals surface area contributed by atoms with E-state index in [1.165, 1.54) is 0 Å². The number of benzene rings is 1. The lowest BCUT2D eigenvalue weighted by Gasteiger charge is -2.31. The zero-order valence-corrected chi connectivity index (χ0v) is 12.6. The second kappa shape index (κ2) is 6.16. The first-order valence-electron chi connectivity index (χ1n) is 7.59. The van der Waals surface area contributed by atoms with Crippen molar-refractivity contribution in [2.45, 2.75) is 31.9 Å². The van der Waals surface area contributed by atoms with Crippen LogP contribution in [0, 0.1) is 0 Å². The highest BCUT2D eigenvalue weighted by molar-refractivity contribution is 5.81. The third kappa shape index (κ3) is 3.98. The number of alkyl halides is 2. The molecule has 0 unspecified atom stereocenters. The Morgan fingerprint density at radius 1 is 1.30 bits per heavy atom. The van der Waals surface area contributed by atoms with Crippen LogP contribution >= 0.6 is 0 Å². The number of H-pyrrole nitrogens is 1. The highest BCUT2D eigenvalue weighted by Crippen LogP contribution is 2.28. The summed E-state index contributed by atoms with van der Waals surface area (Å²) >= 11 is 0. The summed E-state index contributed by atoms with van der Waals surface area (Å²) in [6.07, 6.45) is -1.23. The summed E-state index contributed by atoms with van der Waals surface area (Å²) < 4.78 is 26.4. The fourth-order valence-electron chi connectivity index (χ4n) is 2.89. The molecule has 1 aromatic carbocycles. The lowest BCUT2D eigenvalue weighted by molar-refractivity contribution is -0.0568. The van der Waals surface area contributed by atoms with Gasteiger partial charge in [0.2, 0.25) is 0 Å². The average molecular weight is 323 g/mol. The van der Waals surface area contributed by atoms with Crippen molar-refractivity contribution in [2.24, 2.45) is 0 Å². The van der Waals surface area contributed by atoms with E-state index in [4.69, 9.17) is 5.11 Å². The highest BCUT2D eigenvalue weighted by atomic mass is 19.3. The molecule has 1 aliphatic heterocycles. The smallest absolute Gasteiger partial charge is 0.404 e. The highest BCUT2D eigenvalue weighted by Gasteiger charge is 2.33. The Labute approximate surface area is 132 Å². The SMILES string of the molecule is O=C(O)NCc1ccc2cc(CN3CCC(F)(F)CC3)[nH]c2c1. The van der Waals surface area contributed by atoms with Crippen LogP contribution in [0.15, 0.2) is 24.3 Å². The van der Waals surface area contributed by atoms with Gasteiger partial charge in [-0.3, -0.25) is 4.90 Å². The largest absolute Gasteiger partial charge is 0.465 e. The summed E-state index contributed by atoms with van der Waals surface area (Å²) in [5.74, 6) is -2.52. The fraction of sp³-hybridized carbons (Fsp3) is 0.438. The standard InChI is InChI=1S/C16H19F2N3O2/c17-16(18)3-5-21(6-4-16)10-13-8-12-2-1-11(7-14(12)20-13)9-19-15(22)23/h1-2,7-8,19-20H,3-6,9-10H2,(H,22,23).